The quantitative estimate of drug-likeness (QED) is 0.906. The molecule has 116 valence electrons. The molecule has 0 spiro atoms. The highest BCUT2D eigenvalue weighted by atomic mass is 35.5. The van der Waals surface area contributed by atoms with Crippen LogP contribution in [0, 0.1) is 0 Å². The third kappa shape index (κ3) is 3.06. The van der Waals surface area contributed by atoms with E-state index in [0.717, 1.165) is 36.7 Å². The Labute approximate surface area is 133 Å². The third-order valence-corrected chi connectivity index (χ3v) is 4.20. The first-order valence-electron chi connectivity index (χ1n) is 7.39. The van der Waals surface area contributed by atoms with Crippen LogP contribution in [0.5, 0.6) is 0 Å². The summed E-state index contributed by atoms with van der Waals surface area (Å²) < 4.78 is 2.19. The number of aromatic nitrogens is 3. The lowest BCUT2D eigenvalue weighted by Gasteiger charge is -2.10. The van der Waals surface area contributed by atoms with E-state index in [2.05, 4.69) is 20.1 Å². The van der Waals surface area contributed by atoms with Gasteiger partial charge in [-0.25, -0.2) is 0 Å². The van der Waals surface area contributed by atoms with Crippen molar-refractivity contribution < 1.29 is 4.79 Å². The molecular formula is C15H18ClN5O. The number of nitrogens with zero attached hydrogens (tertiary/aromatic N) is 3. The molecule has 0 aliphatic carbocycles. The molecule has 0 bridgehead atoms. The Hall–Kier alpha value is -2.08. The Morgan fingerprint density at radius 1 is 1.32 bits per heavy atom. The number of rotatable bonds is 4. The van der Waals surface area contributed by atoms with Gasteiger partial charge in [-0.2, -0.15) is 0 Å². The summed E-state index contributed by atoms with van der Waals surface area (Å²) >= 11 is 5.95. The number of carbonyl (C=O) groups excluding carboxylic acids is 1. The van der Waals surface area contributed by atoms with Crippen LogP contribution < -0.4 is 11.1 Å². The molecule has 0 atom stereocenters. The molecule has 1 aromatic heterocycles. The van der Waals surface area contributed by atoms with Crippen LogP contribution in [0.25, 0.3) is 0 Å². The molecule has 0 unspecified atom stereocenters. The van der Waals surface area contributed by atoms with E-state index in [0.29, 0.717) is 17.1 Å². The first-order valence-corrected chi connectivity index (χ1v) is 7.77. The van der Waals surface area contributed by atoms with Gasteiger partial charge in [-0.1, -0.05) is 18.0 Å². The van der Waals surface area contributed by atoms with Crippen molar-refractivity contribution in [2.75, 3.05) is 5.32 Å². The monoisotopic (exact) mass is 319 g/mol. The minimum Gasteiger partial charge on any atom is -0.378 e. The molecule has 0 radical (unpaired) electrons. The molecule has 0 saturated heterocycles. The normalized spacial score (nSPS) is 14.2. The largest absolute Gasteiger partial charge is 0.378 e. The topological polar surface area (TPSA) is 85.8 Å². The first-order chi connectivity index (χ1) is 10.6. The van der Waals surface area contributed by atoms with Gasteiger partial charge < -0.3 is 15.6 Å². The highest BCUT2D eigenvalue weighted by molar-refractivity contribution is 6.33. The van der Waals surface area contributed by atoms with Crippen molar-refractivity contribution in [3.8, 4) is 0 Å². The lowest BCUT2D eigenvalue weighted by Crippen LogP contribution is -2.13. The Morgan fingerprint density at radius 3 is 3.00 bits per heavy atom. The zero-order valence-corrected chi connectivity index (χ0v) is 12.9. The molecule has 2 aromatic rings. The van der Waals surface area contributed by atoms with Crippen molar-refractivity contribution >= 4 is 23.2 Å². The second kappa shape index (κ2) is 6.36. The number of aryl methyl sites for hydroxylation is 1. The number of nitrogens with one attached hydrogen (secondary N) is 1. The van der Waals surface area contributed by atoms with Gasteiger partial charge in [0.2, 0.25) is 5.91 Å². The number of primary amides is 1. The fraction of sp³-hybridized carbons (Fsp3) is 0.400. The number of amides is 1. The number of fused-ring (bicyclic) bond motifs is 1. The number of halogens is 1. The summed E-state index contributed by atoms with van der Waals surface area (Å²) in [5.74, 6) is 1.43. The fourth-order valence-corrected chi connectivity index (χ4v) is 2.89. The summed E-state index contributed by atoms with van der Waals surface area (Å²) in [6, 6.07) is 5.13. The number of nitrogens with two attached hydrogens (primary N) is 1. The lowest BCUT2D eigenvalue weighted by molar-refractivity contribution is 0.100. The summed E-state index contributed by atoms with van der Waals surface area (Å²) in [5.41, 5.74) is 6.40. The molecule has 1 aromatic carbocycles. The van der Waals surface area contributed by atoms with Gasteiger partial charge in [0.15, 0.2) is 5.82 Å². The fourth-order valence-electron chi connectivity index (χ4n) is 2.68. The molecule has 7 heteroatoms. The molecule has 0 fully saturated rings. The van der Waals surface area contributed by atoms with Gasteiger partial charge >= 0.3 is 0 Å². The smallest absolute Gasteiger partial charge is 0.250 e. The average molecular weight is 320 g/mol. The maximum absolute atomic E-state index is 11.3. The van der Waals surface area contributed by atoms with E-state index in [-0.39, 0.29) is 0 Å². The molecule has 3 N–H and O–H groups in total. The number of benzene rings is 1. The summed E-state index contributed by atoms with van der Waals surface area (Å²) in [7, 11) is 0. The summed E-state index contributed by atoms with van der Waals surface area (Å²) in [4.78, 5) is 11.3. The highest BCUT2D eigenvalue weighted by Gasteiger charge is 2.14. The Balaban J connectivity index is 1.74. The predicted octanol–water partition coefficient (Wildman–Crippen LogP) is 2.37. The Morgan fingerprint density at radius 2 is 2.18 bits per heavy atom. The molecule has 3 rings (SSSR count). The number of carbonyl (C=O) groups is 1. The van der Waals surface area contributed by atoms with Crippen molar-refractivity contribution in [3.63, 3.8) is 0 Å². The number of hydrogen-bond acceptors (Lipinski definition) is 4. The van der Waals surface area contributed by atoms with E-state index >= 15 is 0 Å². The maximum atomic E-state index is 11.3. The van der Waals surface area contributed by atoms with Gasteiger partial charge in [0.1, 0.15) is 5.82 Å². The average Bonchev–Trinajstić information content (AvgIpc) is 2.73. The molecule has 1 amide bonds. The van der Waals surface area contributed by atoms with Crippen molar-refractivity contribution in [1.82, 2.24) is 14.8 Å². The number of hydrogen-bond donors (Lipinski definition) is 2. The van der Waals surface area contributed by atoms with Gasteiger partial charge in [-0.3, -0.25) is 4.79 Å². The Bertz CT molecular complexity index is 697. The molecule has 6 nitrogen and oxygen atoms in total. The summed E-state index contributed by atoms with van der Waals surface area (Å²) in [5, 5.41) is 12.1. The van der Waals surface area contributed by atoms with Gasteiger partial charge in [0, 0.05) is 18.7 Å². The van der Waals surface area contributed by atoms with Crippen LogP contribution in [0.3, 0.4) is 0 Å². The van der Waals surface area contributed by atoms with Crippen LogP contribution in [-0.2, 0) is 19.5 Å². The lowest BCUT2D eigenvalue weighted by atomic mass is 10.2. The van der Waals surface area contributed by atoms with Crippen LogP contribution in [-0.4, -0.2) is 20.7 Å². The zero-order valence-electron chi connectivity index (χ0n) is 12.2. The zero-order chi connectivity index (χ0) is 15.5. The van der Waals surface area contributed by atoms with Gasteiger partial charge in [0.25, 0.3) is 0 Å². The molecular weight excluding hydrogens is 302 g/mol. The van der Waals surface area contributed by atoms with Crippen molar-refractivity contribution in [3.05, 3.63) is 40.4 Å². The molecule has 1 aliphatic heterocycles. The number of anilines is 1. The van der Waals surface area contributed by atoms with E-state index in [9.17, 15) is 4.79 Å². The predicted molar refractivity (Wildman–Crippen MR) is 84.9 cm³/mol. The van der Waals surface area contributed by atoms with E-state index < -0.39 is 5.91 Å². The van der Waals surface area contributed by atoms with E-state index in [1.165, 1.54) is 12.8 Å². The van der Waals surface area contributed by atoms with Crippen LogP contribution in [0.1, 0.15) is 41.3 Å². The second-order valence-electron chi connectivity index (χ2n) is 5.41. The SMILES string of the molecule is NC(=O)c1cc(NCc2nnc3n2CCCCC3)ccc1Cl. The van der Waals surface area contributed by atoms with Crippen molar-refractivity contribution in [2.45, 2.75) is 38.8 Å². The minimum atomic E-state index is -0.537. The van der Waals surface area contributed by atoms with Crippen molar-refractivity contribution in [1.29, 1.82) is 0 Å². The molecule has 1 aliphatic rings. The van der Waals surface area contributed by atoms with E-state index in [1.54, 1.807) is 12.1 Å². The second-order valence-corrected chi connectivity index (χ2v) is 5.81. The van der Waals surface area contributed by atoms with Gasteiger partial charge in [0.05, 0.1) is 17.1 Å². The Kier molecular flexibility index (Phi) is 4.29. The van der Waals surface area contributed by atoms with E-state index in [4.69, 9.17) is 17.3 Å². The molecule has 2 heterocycles. The molecule has 22 heavy (non-hydrogen) atoms. The van der Waals surface area contributed by atoms with E-state index in [1.807, 2.05) is 6.07 Å². The summed E-state index contributed by atoms with van der Waals surface area (Å²) in [6.07, 6.45) is 4.55. The van der Waals surface area contributed by atoms with Gasteiger partial charge in [-0.15, -0.1) is 10.2 Å². The standard InChI is InChI=1S/C15H18ClN5O/c16-12-6-5-10(8-11(12)15(17)22)18-9-14-20-19-13-4-2-1-3-7-21(13)14/h5-6,8,18H,1-4,7,9H2,(H2,17,22). The maximum Gasteiger partial charge on any atom is 0.250 e. The van der Waals surface area contributed by atoms with Crippen LogP contribution in [0.15, 0.2) is 18.2 Å². The first kappa shape index (κ1) is 14.8. The highest BCUT2D eigenvalue weighted by Crippen LogP contribution is 2.21. The van der Waals surface area contributed by atoms with Crippen LogP contribution >= 0.6 is 11.6 Å². The van der Waals surface area contributed by atoms with Crippen LogP contribution in [0.4, 0.5) is 5.69 Å². The third-order valence-electron chi connectivity index (χ3n) is 3.87. The van der Waals surface area contributed by atoms with Crippen molar-refractivity contribution in [2.24, 2.45) is 5.73 Å². The van der Waals surface area contributed by atoms with Crippen LogP contribution in [0.2, 0.25) is 5.02 Å². The minimum absolute atomic E-state index is 0.312. The van der Waals surface area contributed by atoms with Gasteiger partial charge in [-0.05, 0) is 31.0 Å². The summed E-state index contributed by atoms with van der Waals surface area (Å²) in [6.45, 7) is 1.51. The molecule has 0 saturated carbocycles.